The molecule has 0 fully saturated rings. The molecule has 1 aromatic carbocycles. The lowest BCUT2D eigenvalue weighted by Gasteiger charge is -2.26. The number of carbonyl (C=O) groups excluding carboxylic acids is 1. The van der Waals surface area contributed by atoms with E-state index < -0.39 is 0 Å². The van der Waals surface area contributed by atoms with E-state index in [-0.39, 0.29) is 11.9 Å². The van der Waals surface area contributed by atoms with Gasteiger partial charge in [0.15, 0.2) is 0 Å². The zero-order valence-corrected chi connectivity index (χ0v) is 14.7. The van der Waals surface area contributed by atoms with Gasteiger partial charge in [0.2, 0.25) is 5.91 Å². The molecule has 0 radical (unpaired) electrons. The maximum atomic E-state index is 12.1. The molecule has 2 aromatic rings. The van der Waals surface area contributed by atoms with Gasteiger partial charge < -0.3 is 15.7 Å². The molecule has 128 valence electrons. The number of fused-ring (bicyclic) bond motifs is 1. The summed E-state index contributed by atoms with van der Waals surface area (Å²) in [5.41, 5.74) is 3.70. The predicted octanol–water partition coefficient (Wildman–Crippen LogP) is 2.85. The summed E-state index contributed by atoms with van der Waals surface area (Å²) in [4.78, 5) is 12.1. The Labute approximate surface area is 146 Å². The molecular weight excluding hydrogens is 320 g/mol. The third-order valence-corrected chi connectivity index (χ3v) is 5.21. The SMILES string of the molecule is C[C@@H](CC(=O)NCC1Cc2ccc(O)cc2CN1)Cc1ccsc1. The van der Waals surface area contributed by atoms with Gasteiger partial charge in [0, 0.05) is 25.6 Å². The highest BCUT2D eigenvalue weighted by molar-refractivity contribution is 7.07. The quantitative estimate of drug-likeness (QED) is 0.755. The van der Waals surface area contributed by atoms with Gasteiger partial charge >= 0.3 is 0 Å². The van der Waals surface area contributed by atoms with Crippen LogP contribution in [0, 0.1) is 5.92 Å². The van der Waals surface area contributed by atoms with Crippen LogP contribution >= 0.6 is 11.3 Å². The van der Waals surface area contributed by atoms with E-state index in [1.54, 1.807) is 17.4 Å². The lowest BCUT2D eigenvalue weighted by molar-refractivity contribution is -0.122. The summed E-state index contributed by atoms with van der Waals surface area (Å²) in [5, 5.41) is 20.2. The van der Waals surface area contributed by atoms with Crippen LogP contribution in [0.4, 0.5) is 0 Å². The Kier molecular flexibility index (Phi) is 5.53. The van der Waals surface area contributed by atoms with Gasteiger partial charge in [0.25, 0.3) is 0 Å². The number of amides is 1. The summed E-state index contributed by atoms with van der Waals surface area (Å²) >= 11 is 1.70. The lowest BCUT2D eigenvalue weighted by Crippen LogP contribution is -2.44. The number of aromatic hydroxyl groups is 1. The van der Waals surface area contributed by atoms with Gasteiger partial charge in [0.1, 0.15) is 5.75 Å². The molecule has 1 amide bonds. The Bertz CT molecular complexity index is 685. The molecular formula is C19H24N2O2S. The Hall–Kier alpha value is -1.85. The van der Waals surface area contributed by atoms with Crippen molar-refractivity contribution in [3.05, 3.63) is 51.7 Å². The summed E-state index contributed by atoms with van der Waals surface area (Å²) < 4.78 is 0. The number of hydrogen-bond donors (Lipinski definition) is 3. The summed E-state index contributed by atoms with van der Waals surface area (Å²) in [6.45, 7) is 3.50. The Morgan fingerprint density at radius 2 is 2.29 bits per heavy atom. The summed E-state index contributed by atoms with van der Waals surface area (Å²) in [7, 11) is 0. The molecule has 3 rings (SSSR count). The second kappa shape index (κ2) is 7.81. The van der Waals surface area contributed by atoms with E-state index in [0.717, 1.165) is 24.9 Å². The van der Waals surface area contributed by atoms with E-state index in [0.29, 0.717) is 24.6 Å². The van der Waals surface area contributed by atoms with E-state index in [4.69, 9.17) is 0 Å². The normalized spacial score (nSPS) is 18.0. The van der Waals surface area contributed by atoms with E-state index in [2.05, 4.69) is 34.4 Å². The number of phenolic OH excluding ortho intramolecular Hbond substituents is 1. The van der Waals surface area contributed by atoms with Crippen molar-refractivity contribution < 1.29 is 9.90 Å². The van der Waals surface area contributed by atoms with Crippen LogP contribution in [0.1, 0.15) is 30.0 Å². The van der Waals surface area contributed by atoms with Crippen LogP contribution in [0.3, 0.4) is 0 Å². The molecule has 0 bridgehead atoms. The van der Waals surface area contributed by atoms with Crippen LogP contribution in [0.15, 0.2) is 35.0 Å². The molecule has 0 aliphatic carbocycles. The summed E-state index contributed by atoms with van der Waals surface area (Å²) in [6, 6.07) is 7.89. The number of benzene rings is 1. The fraction of sp³-hybridized carbons (Fsp3) is 0.421. The minimum Gasteiger partial charge on any atom is -0.508 e. The van der Waals surface area contributed by atoms with Gasteiger partial charge in [0.05, 0.1) is 0 Å². The first kappa shape index (κ1) is 17.0. The molecule has 2 atom stereocenters. The standard InChI is InChI=1S/C19H24N2O2S/c1-13(6-14-4-5-24-12-14)7-19(23)21-11-17-8-15-2-3-18(22)9-16(15)10-20-17/h2-5,9,12-13,17,20,22H,6-8,10-11H2,1H3,(H,21,23)/t13-,17?/m1/s1. The maximum absolute atomic E-state index is 12.1. The van der Waals surface area contributed by atoms with Crippen LogP contribution in [0.5, 0.6) is 5.75 Å². The molecule has 1 aromatic heterocycles. The van der Waals surface area contributed by atoms with Crippen molar-refractivity contribution in [3.8, 4) is 5.75 Å². The van der Waals surface area contributed by atoms with Crippen LogP contribution in [-0.2, 0) is 24.2 Å². The van der Waals surface area contributed by atoms with Gasteiger partial charge in [-0.15, -0.1) is 0 Å². The topological polar surface area (TPSA) is 61.4 Å². The largest absolute Gasteiger partial charge is 0.508 e. The molecule has 1 aliphatic heterocycles. The van der Waals surface area contributed by atoms with E-state index in [9.17, 15) is 9.90 Å². The second-order valence-electron chi connectivity index (χ2n) is 6.68. The first-order valence-corrected chi connectivity index (χ1v) is 9.36. The van der Waals surface area contributed by atoms with E-state index in [1.807, 2.05) is 12.1 Å². The summed E-state index contributed by atoms with van der Waals surface area (Å²) in [6.07, 6.45) is 2.39. The number of rotatable bonds is 6. The van der Waals surface area contributed by atoms with Crippen molar-refractivity contribution in [2.24, 2.45) is 5.92 Å². The Morgan fingerprint density at radius 1 is 1.42 bits per heavy atom. The lowest BCUT2D eigenvalue weighted by atomic mass is 9.95. The number of thiophene rings is 1. The second-order valence-corrected chi connectivity index (χ2v) is 7.46. The van der Waals surface area contributed by atoms with Crippen molar-refractivity contribution in [1.82, 2.24) is 10.6 Å². The monoisotopic (exact) mass is 344 g/mol. The molecule has 1 unspecified atom stereocenters. The molecule has 24 heavy (non-hydrogen) atoms. The minimum atomic E-state index is 0.121. The van der Waals surface area contributed by atoms with Crippen LogP contribution in [0.25, 0.3) is 0 Å². The highest BCUT2D eigenvalue weighted by Crippen LogP contribution is 2.21. The number of phenols is 1. The molecule has 0 saturated heterocycles. The highest BCUT2D eigenvalue weighted by Gasteiger charge is 2.19. The molecule has 3 N–H and O–H groups in total. The van der Waals surface area contributed by atoms with Crippen molar-refractivity contribution in [2.45, 2.75) is 38.8 Å². The van der Waals surface area contributed by atoms with Crippen LogP contribution in [-0.4, -0.2) is 23.6 Å². The third kappa shape index (κ3) is 4.58. The van der Waals surface area contributed by atoms with Gasteiger partial charge in [-0.2, -0.15) is 11.3 Å². The third-order valence-electron chi connectivity index (χ3n) is 4.48. The van der Waals surface area contributed by atoms with Gasteiger partial charge in [-0.25, -0.2) is 0 Å². The van der Waals surface area contributed by atoms with Gasteiger partial charge in [-0.3, -0.25) is 4.79 Å². The molecule has 5 heteroatoms. The van der Waals surface area contributed by atoms with Crippen molar-refractivity contribution in [1.29, 1.82) is 0 Å². The zero-order chi connectivity index (χ0) is 16.9. The van der Waals surface area contributed by atoms with Crippen molar-refractivity contribution in [2.75, 3.05) is 6.54 Å². The van der Waals surface area contributed by atoms with Crippen LogP contribution < -0.4 is 10.6 Å². The average Bonchev–Trinajstić information content (AvgIpc) is 3.05. The Morgan fingerprint density at radius 3 is 3.08 bits per heavy atom. The zero-order valence-electron chi connectivity index (χ0n) is 13.9. The Balaban J connectivity index is 1.42. The fourth-order valence-corrected chi connectivity index (χ4v) is 3.90. The molecule has 4 nitrogen and oxygen atoms in total. The number of carbonyl (C=O) groups is 1. The van der Waals surface area contributed by atoms with Crippen LogP contribution in [0.2, 0.25) is 0 Å². The first-order valence-electron chi connectivity index (χ1n) is 8.42. The van der Waals surface area contributed by atoms with Gasteiger partial charge in [-0.05, 0) is 64.4 Å². The molecule has 2 heterocycles. The maximum Gasteiger partial charge on any atom is 0.220 e. The molecule has 0 saturated carbocycles. The van der Waals surface area contributed by atoms with Gasteiger partial charge in [-0.1, -0.05) is 13.0 Å². The fourth-order valence-electron chi connectivity index (χ4n) is 3.22. The van der Waals surface area contributed by atoms with E-state index in [1.165, 1.54) is 11.1 Å². The first-order chi connectivity index (χ1) is 11.6. The van der Waals surface area contributed by atoms with Crippen molar-refractivity contribution >= 4 is 17.2 Å². The highest BCUT2D eigenvalue weighted by atomic mass is 32.1. The molecule has 1 aliphatic rings. The summed E-state index contributed by atoms with van der Waals surface area (Å²) in [5.74, 6) is 0.778. The smallest absolute Gasteiger partial charge is 0.220 e. The van der Waals surface area contributed by atoms with E-state index >= 15 is 0 Å². The number of hydrogen-bond acceptors (Lipinski definition) is 4. The average molecular weight is 344 g/mol. The molecule has 0 spiro atoms. The minimum absolute atomic E-state index is 0.121. The predicted molar refractivity (Wildman–Crippen MR) is 97.3 cm³/mol. The number of nitrogens with one attached hydrogen (secondary N) is 2. The van der Waals surface area contributed by atoms with Crippen molar-refractivity contribution in [3.63, 3.8) is 0 Å².